The van der Waals surface area contributed by atoms with Crippen LogP contribution in [-0.4, -0.2) is 12.5 Å². The first-order valence-corrected chi connectivity index (χ1v) is 9.06. The van der Waals surface area contributed by atoms with Gasteiger partial charge in [0, 0.05) is 17.0 Å². The molecule has 0 bridgehead atoms. The molecule has 2 nitrogen and oxygen atoms in total. The zero-order valence-corrected chi connectivity index (χ0v) is 15.9. The van der Waals surface area contributed by atoms with E-state index in [2.05, 4.69) is 5.32 Å². The number of halogens is 2. The summed E-state index contributed by atoms with van der Waals surface area (Å²) in [6, 6.07) is 6.69. The van der Waals surface area contributed by atoms with Crippen molar-refractivity contribution in [2.24, 2.45) is 0 Å². The Labute approximate surface area is 151 Å². The fourth-order valence-electron chi connectivity index (χ4n) is 2.53. The number of nitrogens with one attached hydrogen (secondary N) is 1. The lowest BCUT2D eigenvalue weighted by molar-refractivity contribution is -0.117. The Kier molecular flexibility index (Phi) is 6.19. The molecule has 1 N–H and O–H groups in total. The van der Waals surface area contributed by atoms with Crippen molar-refractivity contribution in [3.8, 4) is 10.4 Å². The molecule has 0 fully saturated rings. The van der Waals surface area contributed by atoms with Gasteiger partial charge in [0.1, 0.15) is 5.82 Å². The monoisotopic (exact) mass is 365 g/mol. The second kappa shape index (κ2) is 7.95. The first-order valence-electron chi connectivity index (χ1n) is 7.87. The maximum absolute atomic E-state index is 14.2. The largest absolute Gasteiger partial charge is 0.352 e. The van der Waals surface area contributed by atoms with Crippen molar-refractivity contribution in [1.82, 2.24) is 5.32 Å². The predicted molar refractivity (Wildman–Crippen MR) is 101 cm³/mol. The van der Waals surface area contributed by atoms with Gasteiger partial charge in [-0.25, -0.2) is 4.39 Å². The smallest absolute Gasteiger partial charge is 0.247 e. The molecule has 1 amide bonds. The van der Waals surface area contributed by atoms with E-state index in [1.807, 2.05) is 26.8 Å². The van der Waals surface area contributed by atoms with Crippen molar-refractivity contribution in [2.45, 2.75) is 34.1 Å². The van der Waals surface area contributed by atoms with Crippen molar-refractivity contribution in [2.75, 3.05) is 6.54 Å². The van der Waals surface area contributed by atoms with Crippen LogP contribution in [0, 0.1) is 12.7 Å². The van der Waals surface area contributed by atoms with Crippen LogP contribution in [0.3, 0.4) is 0 Å². The Hall–Kier alpha value is -1.65. The fraction of sp³-hybridized carbons (Fsp3) is 0.316. The molecule has 2 rings (SSSR count). The normalized spacial score (nSPS) is 12.1. The highest BCUT2D eigenvalue weighted by molar-refractivity contribution is 7.19. The number of amides is 1. The molecule has 5 heteroatoms. The number of hydrogen-bond acceptors (Lipinski definition) is 2. The molecule has 128 valence electrons. The Morgan fingerprint density at radius 2 is 2.00 bits per heavy atom. The zero-order chi connectivity index (χ0) is 17.9. The summed E-state index contributed by atoms with van der Waals surface area (Å²) in [4.78, 5) is 13.1. The average Bonchev–Trinajstić information content (AvgIpc) is 2.99. The maximum Gasteiger partial charge on any atom is 0.247 e. The van der Waals surface area contributed by atoms with Crippen molar-refractivity contribution in [1.29, 1.82) is 0 Å². The van der Waals surface area contributed by atoms with Crippen LogP contribution >= 0.6 is 22.9 Å². The van der Waals surface area contributed by atoms with Gasteiger partial charge in [-0.2, -0.15) is 0 Å². The molecule has 0 aliphatic rings. The highest BCUT2D eigenvalue weighted by Gasteiger charge is 2.15. The summed E-state index contributed by atoms with van der Waals surface area (Å²) in [5.41, 5.74) is 3.88. The zero-order valence-electron chi connectivity index (χ0n) is 14.3. The van der Waals surface area contributed by atoms with Crippen LogP contribution in [0.15, 0.2) is 29.8 Å². The second-order valence-corrected chi connectivity index (χ2v) is 7.45. The molecule has 0 radical (unpaired) electrons. The lowest BCUT2D eigenvalue weighted by atomic mass is 9.93. The molecule has 0 aliphatic heterocycles. The van der Waals surface area contributed by atoms with E-state index in [9.17, 15) is 9.18 Å². The minimum atomic E-state index is -0.323. The van der Waals surface area contributed by atoms with Crippen LogP contribution in [0.2, 0.25) is 4.34 Å². The van der Waals surface area contributed by atoms with Crippen LogP contribution in [0.25, 0.3) is 16.0 Å². The van der Waals surface area contributed by atoms with Crippen molar-refractivity contribution in [3.63, 3.8) is 0 Å². The summed E-state index contributed by atoms with van der Waals surface area (Å²) in [5.74, 6) is -0.435. The van der Waals surface area contributed by atoms with Crippen LogP contribution in [0.5, 0.6) is 0 Å². The van der Waals surface area contributed by atoms with Crippen molar-refractivity contribution >= 4 is 34.4 Å². The first kappa shape index (κ1) is 18.7. The summed E-state index contributed by atoms with van der Waals surface area (Å²) in [6.07, 6.45) is 0.875. The summed E-state index contributed by atoms with van der Waals surface area (Å²) < 4.78 is 14.8. The molecule has 0 unspecified atom stereocenters. The van der Waals surface area contributed by atoms with Gasteiger partial charge in [0.2, 0.25) is 5.91 Å². The molecular formula is C19H21ClFNOS. The van der Waals surface area contributed by atoms with Gasteiger partial charge in [-0.15, -0.1) is 11.3 Å². The average molecular weight is 366 g/mol. The number of carbonyl (C=O) groups excluding carboxylic acids is 1. The molecule has 2 aromatic rings. The molecule has 1 heterocycles. The highest BCUT2D eigenvalue weighted by atomic mass is 35.5. The SMILES string of the molecule is CCCNC(=O)/C(C)=C(\C)c1cc(F)cc(-c2ccc(Cl)s2)c1C. The summed E-state index contributed by atoms with van der Waals surface area (Å²) in [5, 5.41) is 2.86. The predicted octanol–water partition coefficient (Wildman–Crippen LogP) is 5.84. The van der Waals surface area contributed by atoms with E-state index in [0.29, 0.717) is 16.5 Å². The van der Waals surface area contributed by atoms with E-state index < -0.39 is 0 Å². The minimum absolute atomic E-state index is 0.112. The Morgan fingerprint density at radius 3 is 2.58 bits per heavy atom. The number of rotatable bonds is 5. The minimum Gasteiger partial charge on any atom is -0.352 e. The molecule has 0 spiro atoms. The van der Waals surface area contributed by atoms with Gasteiger partial charge in [-0.1, -0.05) is 18.5 Å². The van der Waals surface area contributed by atoms with E-state index in [1.165, 1.54) is 23.5 Å². The summed E-state index contributed by atoms with van der Waals surface area (Å²) in [6.45, 7) is 8.20. The molecule has 24 heavy (non-hydrogen) atoms. The van der Waals surface area contributed by atoms with Crippen LogP contribution in [0.4, 0.5) is 4.39 Å². The van der Waals surface area contributed by atoms with Gasteiger partial charge in [-0.05, 0) is 73.7 Å². The van der Waals surface area contributed by atoms with Gasteiger partial charge in [0.25, 0.3) is 0 Å². The van der Waals surface area contributed by atoms with Crippen LogP contribution < -0.4 is 5.32 Å². The second-order valence-electron chi connectivity index (χ2n) is 5.74. The van der Waals surface area contributed by atoms with Gasteiger partial charge < -0.3 is 5.32 Å². The maximum atomic E-state index is 14.2. The molecule has 0 saturated heterocycles. The Bertz CT molecular complexity index is 795. The molecule has 1 aromatic carbocycles. The molecule has 0 atom stereocenters. The summed E-state index contributed by atoms with van der Waals surface area (Å²) >= 11 is 7.42. The third-order valence-corrected chi connectivity index (χ3v) is 5.32. The molecule has 1 aromatic heterocycles. The molecule has 0 aliphatic carbocycles. The quantitative estimate of drug-likeness (QED) is 0.663. The number of benzene rings is 1. The van der Waals surface area contributed by atoms with Gasteiger partial charge >= 0.3 is 0 Å². The van der Waals surface area contributed by atoms with Crippen molar-refractivity contribution in [3.05, 3.63) is 51.1 Å². The standard InChI is InChI=1S/C19H21ClFNOS/c1-5-8-22-19(23)12(3)11(2)15-9-14(21)10-16(13(15)4)17-6-7-18(20)24-17/h6-7,9-10H,5,8H2,1-4H3,(H,22,23)/b12-11+. The van der Waals surface area contributed by atoms with E-state index in [0.717, 1.165) is 33.6 Å². The van der Waals surface area contributed by atoms with Gasteiger partial charge in [0.05, 0.1) is 4.34 Å². The topological polar surface area (TPSA) is 29.1 Å². The number of thiophene rings is 1. The lowest BCUT2D eigenvalue weighted by Crippen LogP contribution is -2.25. The van der Waals surface area contributed by atoms with E-state index >= 15 is 0 Å². The summed E-state index contributed by atoms with van der Waals surface area (Å²) in [7, 11) is 0. The highest BCUT2D eigenvalue weighted by Crippen LogP contribution is 2.36. The van der Waals surface area contributed by atoms with Crippen molar-refractivity contribution < 1.29 is 9.18 Å². The number of hydrogen-bond donors (Lipinski definition) is 1. The molecular weight excluding hydrogens is 345 g/mol. The fourth-order valence-corrected chi connectivity index (χ4v) is 3.64. The third kappa shape index (κ3) is 4.05. The molecule has 0 saturated carbocycles. The first-order chi connectivity index (χ1) is 11.3. The van der Waals surface area contributed by atoms with E-state index in [-0.39, 0.29) is 11.7 Å². The Balaban J connectivity index is 2.50. The van der Waals surface area contributed by atoms with Gasteiger partial charge in [-0.3, -0.25) is 4.79 Å². The van der Waals surface area contributed by atoms with Crippen LogP contribution in [-0.2, 0) is 4.79 Å². The van der Waals surface area contributed by atoms with Crippen LogP contribution in [0.1, 0.15) is 38.3 Å². The van der Waals surface area contributed by atoms with E-state index in [4.69, 9.17) is 11.6 Å². The van der Waals surface area contributed by atoms with Gasteiger partial charge in [0.15, 0.2) is 0 Å². The number of allylic oxidation sites excluding steroid dienone is 1. The third-order valence-electron chi connectivity index (χ3n) is 4.05. The number of carbonyl (C=O) groups is 1. The van der Waals surface area contributed by atoms with E-state index in [1.54, 1.807) is 13.0 Å². The Morgan fingerprint density at radius 1 is 1.29 bits per heavy atom. The lowest BCUT2D eigenvalue weighted by Gasteiger charge is -2.14.